The van der Waals surface area contributed by atoms with E-state index in [9.17, 15) is 13.0 Å². The summed E-state index contributed by atoms with van der Waals surface area (Å²) in [5.74, 6) is 0. The molecule has 5 nitrogen and oxygen atoms in total. The first kappa shape index (κ1) is 13.5. The number of aliphatic hydroxyl groups is 1. The summed E-state index contributed by atoms with van der Waals surface area (Å²) in [5, 5.41) is 10.9. The molecular formula is C5H6NNaO4S2. The second-order valence-electron chi connectivity index (χ2n) is 2.14. The van der Waals surface area contributed by atoms with Crippen molar-refractivity contribution < 1.29 is 47.6 Å². The van der Waals surface area contributed by atoms with Gasteiger partial charge in [-0.2, -0.15) is 0 Å². The van der Waals surface area contributed by atoms with Gasteiger partial charge in [-0.1, -0.05) is 0 Å². The second kappa shape index (κ2) is 4.83. The third kappa shape index (κ3) is 3.62. The van der Waals surface area contributed by atoms with E-state index in [4.69, 9.17) is 5.11 Å². The molecule has 0 aliphatic rings. The Morgan fingerprint density at radius 2 is 2.23 bits per heavy atom. The predicted octanol–water partition coefficient (Wildman–Crippen LogP) is -3.01. The summed E-state index contributed by atoms with van der Waals surface area (Å²) in [6.45, 7) is 1.65. The Morgan fingerprint density at radius 1 is 1.69 bits per heavy atom. The topological polar surface area (TPSA) is 90.3 Å². The number of rotatable bonds is 2. The van der Waals surface area contributed by atoms with Crippen molar-refractivity contribution >= 4 is 21.5 Å². The van der Waals surface area contributed by atoms with Crippen LogP contribution in [0, 0.1) is 6.92 Å². The maximum atomic E-state index is 10.3. The number of thiazole rings is 1. The first-order valence-corrected chi connectivity index (χ1v) is 5.31. The molecular weight excluding hydrogens is 225 g/mol. The number of aliphatic hydroxyl groups excluding tert-OH is 1. The van der Waals surface area contributed by atoms with Gasteiger partial charge in [-0.15, -0.1) is 11.3 Å². The van der Waals surface area contributed by atoms with E-state index < -0.39 is 15.6 Å². The van der Waals surface area contributed by atoms with Crippen molar-refractivity contribution in [3.8, 4) is 0 Å². The van der Waals surface area contributed by atoms with Crippen molar-refractivity contribution in [3.05, 3.63) is 16.1 Å². The SMILES string of the molecule is Cc1nc(C(O)S(=O)(=O)[O-])cs1.[Na+]. The maximum Gasteiger partial charge on any atom is 1.00 e. The molecule has 1 aromatic rings. The summed E-state index contributed by atoms with van der Waals surface area (Å²) in [7, 11) is -4.69. The van der Waals surface area contributed by atoms with Crippen LogP contribution in [-0.2, 0) is 10.1 Å². The number of nitrogens with zero attached hydrogens (tertiary/aromatic N) is 1. The molecule has 0 aliphatic heterocycles. The van der Waals surface area contributed by atoms with E-state index in [0.717, 1.165) is 0 Å². The summed E-state index contributed by atoms with van der Waals surface area (Å²) < 4.78 is 30.9. The molecule has 1 unspecified atom stereocenters. The number of hydrogen-bond acceptors (Lipinski definition) is 6. The van der Waals surface area contributed by atoms with Gasteiger partial charge in [-0.05, 0) is 6.92 Å². The van der Waals surface area contributed by atoms with Crippen LogP contribution in [0.25, 0.3) is 0 Å². The molecule has 0 saturated carbocycles. The largest absolute Gasteiger partial charge is 1.00 e. The normalized spacial score (nSPS) is 13.5. The average molecular weight is 231 g/mol. The quantitative estimate of drug-likeness (QED) is 0.432. The van der Waals surface area contributed by atoms with Gasteiger partial charge in [0.05, 0.1) is 10.7 Å². The minimum atomic E-state index is -4.69. The van der Waals surface area contributed by atoms with E-state index in [0.29, 0.717) is 5.01 Å². The average Bonchev–Trinajstić information content (AvgIpc) is 2.32. The minimum Gasteiger partial charge on any atom is -0.746 e. The van der Waals surface area contributed by atoms with Crippen LogP contribution in [0.3, 0.4) is 0 Å². The summed E-state index contributed by atoms with van der Waals surface area (Å²) in [6, 6.07) is 0. The third-order valence-corrected chi connectivity index (χ3v) is 2.74. The number of aromatic nitrogens is 1. The Morgan fingerprint density at radius 3 is 2.54 bits per heavy atom. The van der Waals surface area contributed by atoms with E-state index in [1.54, 1.807) is 6.92 Å². The fraction of sp³-hybridized carbons (Fsp3) is 0.400. The van der Waals surface area contributed by atoms with Crippen molar-refractivity contribution in [1.82, 2.24) is 4.98 Å². The Balaban J connectivity index is 0.00000144. The summed E-state index contributed by atoms with van der Waals surface area (Å²) in [5.41, 5.74) is -2.14. The molecule has 0 radical (unpaired) electrons. The zero-order valence-corrected chi connectivity index (χ0v) is 10.7. The van der Waals surface area contributed by atoms with Crippen LogP contribution in [0.2, 0.25) is 0 Å². The van der Waals surface area contributed by atoms with Gasteiger partial charge in [0, 0.05) is 5.38 Å². The standard InChI is InChI=1S/C5H7NO4S2.Na/c1-3-6-4(2-11-3)5(7)12(8,9)10;/h2,5,7H,1H3,(H,8,9,10);/q;+1/p-1. The maximum absolute atomic E-state index is 10.3. The Kier molecular flexibility index (Phi) is 5.02. The molecule has 1 heterocycles. The molecule has 0 amide bonds. The molecule has 13 heavy (non-hydrogen) atoms. The second-order valence-corrected chi connectivity index (χ2v) is 4.63. The molecule has 0 aliphatic carbocycles. The predicted molar refractivity (Wildman–Crippen MR) is 41.5 cm³/mol. The van der Waals surface area contributed by atoms with Crippen LogP contribution in [0.5, 0.6) is 0 Å². The molecule has 1 atom stereocenters. The number of aryl methyl sites for hydroxylation is 1. The van der Waals surface area contributed by atoms with Gasteiger partial charge < -0.3 is 9.66 Å². The van der Waals surface area contributed by atoms with E-state index in [1.165, 1.54) is 16.7 Å². The molecule has 1 N–H and O–H groups in total. The van der Waals surface area contributed by atoms with Crippen molar-refractivity contribution in [1.29, 1.82) is 0 Å². The third-order valence-electron chi connectivity index (χ3n) is 1.16. The molecule has 68 valence electrons. The van der Waals surface area contributed by atoms with Gasteiger partial charge in [0.15, 0.2) is 5.44 Å². The monoisotopic (exact) mass is 231 g/mol. The van der Waals surface area contributed by atoms with E-state index in [-0.39, 0.29) is 35.3 Å². The van der Waals surface area contributed by atoms with Gasteiger partial charge in [-0.25, -0.2) is 13.4 Å². The molecule has 8 heteroatoms. The molecule has 0 spiro atoms. The molecule has 1 rings (SSSR count). The Bertz CT molecular complexity index is 374. The van der Waals surface area contributed by atoms with Gasteiger partial charge in [-0.3, -0.25) is 0 Å². The van der Waals surface area contributed by atoms with Crippen LogP contribution < -0.4 is 29.6 Å². The number of hydrogen-bond donors (Lipinski definition) is 1. The van der Waals surface area contributed by atoms with Crippen molar-refractivity contribution in [2.24, 2.45) is 0 Å². The molecule has 0 aromatic carbocycles. The van der Waals surface area contributed by atoms with E-state index >= 15 is 0 Å². The van der Waals surface area contributed by atoms with Crippen LogP contribution >= 0.6 is 11.3 Å². The molecule has 0 saturated heterocycles. The van der Waals surface area contributed by atoms with Crippen molar-refractivity contribution in [2.45, 2.75) is 12.4 Å². The first-order valence-electron chi connectivity index (χ1n) is 2.96. The van der Waals surface area contributed by atoms with E-state index in [2.05, 4.69) is 4.98 Å². The van der Waals surface area contributed by atoms with Gasteiger partial charge in [0.25, 0.3) is 0 Å². The van der Waals surface area contributed by atoms with Gasteiger partial charge in [0.1, 0.15) is 10.1 Å². The smallest absolute Gasteiger partial charge is 0.746 e. The Hall–Kier alpha value is 0.500. The van der Waals surface area contributed by atoms with Crippen molar-refractivity contribution in [3.63, 3.8) is 0 Å². The zero-order chi connectivity index (χ0) is 9.35. The summed E-state index contributed by atoms with van der Waals surface area (Å²) >= 11 is 1.17. The molecule has 1 aromatic heterocycles. The minimum absolute atomic E-state index is 0. The summed E-state index contributed by atoms with van der Waals surface area (Å²) in [4.78, 5) is 3.67. The zero-order valence-electron chi connectivity index (χ0n) is 7.09. The van der Waals surface area contributed by atoms with Crippen LogP contribution in [0.15, 0.2) is 5.38 Å². The fourth-order valence-electron chi connectivity index (χ4n) is 0.641. The van der Waals surface area contributed by atoms with Crippen molar-refractivity contribution in [2.75, 3.05) is 0 Å². The molecule has 0 fully saturated rings. The van der Waals surface area contributed by atoms with Gasteiger partial charge in [0.2, 0.25) is 0 Å². The van der Waals surface area contributed by atoms with Crippen LogP contribution in [0.4, 0.5) is 0 Å². The van der Waals surface area contributed by atoms with Crippen LogP contribution in [0.1, 0.15) is 16.1 Å². The first-order chi connectivity index (χ1) is 5.41. The summed E-state index contributed by atoms with van der Waals surface area (Å²) in [6.07, 6.45) is 0. The van der Waals surface area contributed by atoms with E-state index in [1.807, 2.05) is 0 Å². The Labute approximate surface area is 102 Å². The van der Waals surface area contributed by atoms with Crippen LogP contribution in [-0.4, -0.2) is 23.1 Å². The van der Waals surface area contributed by atoms with Gasteiger partial charge >= 0.3 is 29.6 Å². The molecule has 0 bridgehead atoms. The fourth-order valence-corrected chi connectivity index (χ4v) is 1.78.